The van der Waals surface area contributed by atoms with E-state index in [1.165, 1.54) is 0 Å². The van der Waals surface area contributed by atoms with Gasteiger partial charge in [0.25, 0.3) is 0 Å². The van der Waals surface area contributed by atoms with Gasteiger partial charge >= 0.3 is 6.09 Å². The molecule has 8 nitrogen and oxygen atoms in total. The Kier molecular flexibility index (Phi) is 4.88. The van der Waals surface area contributed by atoms with E-state index in [9.17, 15) is 10.1 Å². The zero-order chi connectivity index (χ0) is 24.0. The maximum absolute atomic E-state index is 12.9. The average molecular weight is 468 g/mol. The summed E-state index contributed by atoms with van der Waals surface area (Å²) in [4.78, 5) is 19.0. The number of benzene rings is 2. The lowest BCUT2D eigenvalue weighted by atomic mass is 9.68. The summed E-state index contributed by atoms with van der Waals surface area (Å²) in [7, 11) is 0. The van der Waals surface area contributed by atoms with Crippen LogP contribution in [0.4, 0.5) is 10.7 Å². The minimum atomic E-state index is -0.571. The summed E-state index contributed by atoms with van der Waals surface area (Å²) < 4.78 is 13.7. The first-order valence-corrected chi connectivity index (χ1v) is 11.8. The Balaban J connectivity index is 1.23. The van der Waals surface area contributed by atoms with Crippen LogP contribution in [-0.2, 0) is 11.3 Å². The first-order chi connectivity index (χ1) is 17.0. The van der Waals surface area contributed by atoms with Crippen molar-refractivity contribution in [2.45, 2.75) is 44.8 Å². The van der Waals surface area contributed by atoms with Crippen LogP contribution in [0, 0.1) is 16.7 Å². The van der Waals surface area contributed by atoms with Crippen molar-refractivity contribution in [3.05, 3.63) is 66.5 Å². The van der Waals surface area contributed by atoms with Crippen LogP contribution >= 0.6 is 0 Å². The van der Waals surface area contributed by atoms with Crippen LogP contribution in [0.2, 0.25) is 0 Å². The van der Waals surface area contributed by atoms with Crippen molar-refractivity contribution in [3.63, 3.8) is 0 Å². The third kappa shape index (κ3) is 3.83. The summed E-state index contributed by atoms with van der Waals surface area (Å²) in [6.07, 6.45) is 4.97. The Bertz CT molecular complexity index is 1450. The van der Waals surface area contributed by atoms with Crippen molar-refractivity contribution in [3.8, 4) is 17.3 Å². The van der Waals surface area contributed by atoms with Crippen LogP contribution < -0.4 is 4.90 Å². The van der Waals surface area contributed by atoms with Gasteiger partial charge in [0.2, 0.25) is 5.88 Å². The van der Waals surface area contributed by atoms with Gasteiger partial charge < -0.3 is 13.8 Å². The number of imidazole rings is 1. The van der Waals surface area contributed by atoms with E-state index < -0.39 is 11.7 Å². The molecule has 8 heteroatoms. The topological polar surface area (TPSA) is 97.2 Å². The van der Waals surface area contributed by atoms with Gasteiger partial charge in [-0.05, 0) is 49.3 Å². The molecule has 1 saturated carbocycles. The molecule has 35 heavy (non-hydrogen) atoms. The lowest BCUT2D eigenvalue weighted by molar-refractivity contribution is -0.0264. The van der Waals surface area contributed by atoms with Crippen molar-refractivity contribution in [1.82, 2.24) is 14.7 Å². The number of nitriles is 1. The molecule has 2 aromatic heterocycles. The van der Waals surface area contributed by atoms with Gasteiger partial charge in [-0.25, -0.2) is 14.7 Å². The molecule has 1 aliphatic carbocycles. The number of ether oxygens (including phenoxy) is 1. The molecule has 176 valence electrons. The molecule has 1 saturated heterocycles. The summed E-state index contributed by atoms with van der Waals surface area (Å²) in [5.74, 6) is 0.405. The highest BCUT2D eigenvalue weighted by molar-refractivity contribution is 5.89. The van der Waals surface area contributed by atoms with E-state index in [-0.39, 0.29) is 5.41 Å². The molecule has 3 heterocycles. The molecule has 1 aliphatic heterocycles. The molecule has 0 N–H and O–H groups in total. The molecule has 2 atom stereocenters. The summed E-state index contributed by atoms with van der Waals surface area (Å²) in [6.45, 7) is 3.42. The molecule has 2 fully saturated rings. The highest BCUT2D eigenvalue weighted by Crippen LogP contribution is 2.48. The van der Waals surface area contributed by atoms with Gasteiger partial charge in [-0.15, -0.1) is 0 Å². The second kappa shape index (κ2) is 7.98. The fraction of sp³-hybridized carbons (Fsp3) is 0.333. The summed E-state index contributed by atoms with van der Waals surface area (Å²) in [5, 5.41) is 13.5. The normalized spacial score (nSPS) is 24.1. The van der Waals surface area contributed by atoms with Crippen LogP contribution in [0.5, 0.6) is 0 Å². The molecule has 1 spiro atoms. The van der Waals surface area contributed by atoms with Crippen molar-refractivity contribution in [2.75, 3.05) is 11.4 Å². The van der Waals surface area contributed by atoms with Crippen molar-refractivity contribution < 1.29 is 14.1 Å². The number of hydrogen-bond acceptors (Lipinski definition) is 6. The molecule has 0 radical (unpaired) electrons. The number of rotatable bonds is 4. The number of carbonyl (C=O) groups excluding carboxylic acids is 1. The second-order valence-corrected chi connectivity index (χ2v) is 10.1. The quantitative estimate of drug-likeness (QED) is 0.391. The van der Waals surface area contributed by atoms with Gasteiger partial charge in [-0.1, -0.05) is 42.4 Å². The Morgan fingerprint density at radius 1 is 1.14 bits per heavy atom. The first-order valence-electron chi connectivity index (χ1n) is 11.8. The smallest absolute Gasteiger partial charge is 0.417 e. The molecule has 6 rings (SSSR count). The largest absolute Gasteiger partial charge is 0.441 e. The Morgan fingerprint density at radius 2 is 2.00 bits per heavy atom. The van der Waals surface area contributed by atoms with E-state index in [2.05, 4.69) is 27.7 Å². The number of amides is 1. The average Bonchev–Trinajstić information content (AvgIpc) is 3.57. The number of nitrogens with zero attached hydrogens (tertiary/aromatic N) is 5. The van der Waals surface area contributed by atoms with Gasteiger partial charge in [-0.2, -0.15) is 5.26 Å². The molecular formula is C27H25N5O3. The molecule has 0 bridgehead atoms. The lowest BCUT2D eigenvalue weighted by Gasteiger charge is -2.43. The highest BCUT2D eigenvalue weighted by atomic mass is 16.6. The first kappa shape index (κ1) is 21.4. The van der Waals surface area contributed by atoms with E-state index in [0.717, 1.165) is 48.8 Å². The van der Waals surface area contributed by atoms with Crippen LogP contribution in [0.3, 0.4) is 0 Å². The fourth-order valence-electron chi connectivity index (χ4n) is 5.74. The fourth-order valence-corrected chi connectivity index (χ4v) is 5.74. The molecule has 4 aromatic rings. The van der Waals surface area contributed by atoms with Gasteiger partial charge in [-0.3, -0.25) is 0 Å². The molecular weight excluding hydrogens is 442 g/mol. The minimum absolute atomic E-state index is 0.0958. The van der Waals surface area contributed by atoms with Gasteiger partial charge in [0, 0.05) is 18.2 Å². The van der Waals surface area contributed by atoms with Crippen molar-refractivity contribution in [1.29, 1.82) is 5.26 Å². The number of anilines is 1. The Morgan fingerprint density at radius 3 is 2.83 bits per heavy atom. The minimum Gasteiger partial charge on any atom is -0.441 e. The summed E-state index contributed by atoms with van der Waals surface area (Å²) >= 11 is 0. The highest BCUT2D eigenvalue weighted by Gasteiger charge is 2.52. The van der Waals surface area contributed by atoms with E-state index in [4.69, 9.17) is 9.26 Å². The van der Waals surface area contributed by atoms with Crippen molar-refractivity contribution >= 4 is 23.0 Å². The maximum Gasteiger partial charge on any atom is 0.417 e. The Hall–Kier alpha value is -4.12. The predicted molar refractivity (Wildman–Crippen MR) is 130 cm³/mol. The third-order valence-corrected chi connectivity index (χ3v) is 7.27. The van der Waals surface area contributed by atoms with E-state index in [1.54, 1.807) is 17.0 Å². The van der Waals surface area contributed by atoms with E-state index >= 15 is 0 Å². The molecule has 2 aliphatic rings. The van der Waals surface area contributed by atoms with Crippen LogP contribution in [-0.4, -0.2) is 32.9 Å². The summed E-state index contributed by atoms with van der Waals surface area (Å²) in [6, 6.07) is 19.3. The van der Waals surface area contributed by atoms with Gasteiger partial charge in [0.15, 0.2) is 0 Å². The van der Waals surface area contributed by atoms with Crippen molar-refractivity contribution in [2.24, 2.45) is 5.41 Å². The number of carbonyl (C=O) groups is 1. The van der Waals surface area contributed by atoms with Gasteiger partial charge in [0.1, 0.15) is 11.3 Å². The standard InChI is InChI=1S/C27H25N5O3/c1-26(16-31-18-29-21-9-8-19(14-28)12-23(21)31)10-5-11-27(15-26)17-32(25(33)34-27)24-13-22(30-35-24)20-6-3-2-4-7-20/h2-4,6-9,12-13,18H,5,10-11,15-17H2,1H3/t26-,27-/m0/s1. The second-order valence-electron chi connectivity index (χ2n) is 10.1. The number of aromatic nitrogens is 3. The third-order valence-electron chi connectivity index (χ3n) is 7.27. The Labute approximate surface area is 202 Å². The van der Waals surface area contributed by atoms with Crippen LogP contribution in [0.15, 0.2) is 65.4 Å². The molecule has 1 amide bonds. The number of fused-ring (bicyclic) bond motifs is 1. The van der Waals surface area contributed by atoms with Crippen LogP contribution in [0.25, 0.3) is 22.3 Å². The lowest BCUT2D eigenvalue weighted by Crippen LogP contribution is -2.45. The van der Waals surface area contributed by atoms with E-state index in [0.29, 0.717) is 23.7 Å². The summed E-state index contributed by atoms with van der Waals surface area (Å²) in [5.41, 5.74) is 3.39. The van der Waals surface area contributed by atoms with Gasteiger partial charge in [0.05, 0.1) is 35.5 Å². The molecule has 2 aromatic carbocycles. The monoisotopic (exact) mass is 467 g/mol. The van der Waals surface area contributed by atoms with Crippen LogP contribution in [0.1, 0.15) is 38.2 Å². The zero-order valence-corrected chi connectivity index (χ0v) is 19.5. The zero-order valence-electron chi connectivity index (χ0n) is 19.5. The maximum atomic E-state index is 12.9. The molecule has 0 unspecified atom stereocenters. The predicted octanol–water partition coefficient (Wildman–Crippen LogP) is 5.54. The van der Waals surface area contributed by atoms with E-state index in [1.807, 2.05) is 48.8 Å². The SMILES string of the molecule is C[C@]1(Cn2cnc3ccc(C#N)cc32)CCC[C@@]2(CN(c3cc(-c4ccccc4)no3)C(=O)O2)C1. The number of hydrogen-bond donors (Lipinski definition) is 0.